The molecule has 1 atom stereocenters. The molecule has 1 heterocycles. The van der Waals surface area contributed by atoms with Crippen LogP contribution in [0.4, 0.5) is 13.2 Å². The van der Waals surface area contributed by atoms with Crippen molar-refractivity contribution in [2.45, 2.75) is 49.3 Å². The number of piperidine rings is 1. The summed E-state index contributed by atoms with van der Waals surface area (Å²) in [4.78, 5) is 24.6. The molecule has 9 nitrogen and oxygen atoms in total. The topological polar surface area (TPSA) is 114 Å². The SMILES string of the molecule is COc1ccc(CC(NC(C)=O)C(=O)NC2CCN(S(=O)(=O)c3ccc(C(F)(F)F)cc3)CC2)cc1OC. The second kappa shape index (κ2) is 12.0. The van der Waals surface area contributed by atoms with Gasteiger partial charge in [-0.25, -0.2) is 8.42 Å². The summed E-state index contributed by atoms with van der Waals surface area (Å²) in [6, 6.07) is 7.31. The van der Waals surface area contributed by atoms with Gasteiger partial charge >= 0.3 is 6.18 Å². The van der Waals surface area contributed by atoms with Crippen molar-refractivity contribution in [2.75, 3.05) is 27.3 Å². The maximum absolute atomic E-state index is 13.0. The van der Waals surface area contributed by atoms with Gasteiger partial charge in [-0.1, -0.05) is 6.07 Å². The summed E-state index contributed by atoms with van der Waals surface area (Å²) in [5, 5.41) is 5.52. The van der Waals surface area contributed by atoms with E-state index >= 15 is 0 Å². The van der Waals surface area contributed by atoms with E-state index in [2.05, 4.69) is 10.6 Å². The Morgan fingerprint density at radius 3 is 2.16 bits per heavy atom. The molecule has 2 amide bonds. The number of rotatable bonds is 9. The maximum Gasteiger partial charge on any atom is 0.416 e. The van der Waals surface area contributed by atoms with E-state index in [0.29, 0.717) is 24.3 Å². The first-order valence-corrected chi connectivity index (χ1v) is 13.2. The van der Waals surface area contributed by atoms with Crippen molar-refractivity contribution in [1.29, 1.82) is 0 Å². The Labute approximate surface area is 219 Å². The number of nitrogens with one attached hydrogen (secondary N) is 2. The van der Waals surface area contributed by atoms with E-state index in [4.69, 9.17) is 9.47 Å². The highest BCUT2D eigenvalue weighted by Gasteiger charge is 2.33. The van der Waals surface area contributed by atoms with Crippen LogP contribution in [0.3, 0.4) is 0 Å². The minimum absolute atomic E-state index is 0.0782. The number of benzene rings is 2. The lowest BCUT2D eigenvalue weighted by molar-refractivity contribution is -0.137. The fourth-order valence-corrected chi connectivity index (χ4v) is 5.67. The molecule has 2 aromatic rings. The molecule has 208 valence electrons. The number of hydrogen-bond acceptors (Lipinski definition) is 6. The third-order valence-electron chi connectivity index (χ3n) is 6.20. The molecule has 0 aliphatic carbocycles. The number of sulfonamides is 1. The molecule has 1 unspecified atom stereocenters. The number of carbonyl (C=O) groups excluding carboxylic acids is 2. The van der Waals surface area contributed by atoms with Crippen LogP contribution in [0.15, 0.2) is 47.4 Å². The van der Waals surface area contributed by atoms with Crippen molar-refractivity contribution < 1.29 is 40.7 Å². The first-order chi connectivity index (χ1) is 17.8. The van der Waals surface area contributed by atoms with Gasteiger partial charge in [-0.05, 0) is 54.8 Å². The van der Waals surface area contributed by atoms with E-state index in [1.165, 1.54) is 25.4 Å². The van der Waals surface area contributed by atoms with Gasteiger partial charge in [-0.2, -0.15) is 17.5 Å². The number of alkyl halides is 3. The van der Waals surface area contributed by atoms with Crippen molar-refractivity contribution in [3.63, 3.8) is 0 Å². The van der Waals surface area contributed by atoms with E-state index in [1.54, 1.807) is 18.2 Å². The van der Waals surface area contributed by atoms with Crippen LogP contribution in [0.5, 0.6) is 11.5 Å². The molecular formula is C25H30F3N3O6S. The van der Waals surface area contributed by atoms with Gasteiger partial charge < -0.3 is 20.1 Å². The maximum atomic E-state index is 13.0. The highest BCUT2D eigenvalue weighted by Crippen LogP contribution is 2.31. The Bertz CT molecular complexity index is 1240. The predicted octanol–water partition coefficient (Wildman–Crippen LogP) is 2.74. The Morgan fingerprint density at radius 1 is 1.03 bits per heavy atom. The van der Waals surface area contributed by atoms with Crippen molar-refractivity contribution in [2.24, 2.45) is 0 Å². The van der Waals surface area contributed by atoms with Gasteiger partial charge in [-0.3, -0.25) is 9.59 Å². The Kier molecular flexibility index (Phi) is 9.26. The monoisotopic (exact) mass is 557 g/mol. The molecule has 0 radical (unpaired) electrons. The summed E-state index contributed by atoms with van der Waals surface area (Å²) in [6.07, 6.45) is -3.77. The molecule has 13 heteroatoms. The van der Waals surface area contributed by atoms with Gasteiger partial charge in [0.2, 0.25) is 21.8 Å². The molecule has 0 aromatic heterocycles. The van der Waals surface area contributed by atoms with Crippen LogP contribution in [0.25, 0.3) is 0 Å². The predicted molar refractivity (Wildman–Crippen MR) is 132 cm³/mol. The van der Waals surface area contributed by atoms with E-state index in [0.717, 1.165) is 29.8 Å². The summed E-state index contributed by atoms with van der Waals surface area (Å²) in [6.45, 7) is 1.46. The Morgan fingerprint density at radius 2 is 1.63 bits per heavy atom. The van der Waals surface area contributed by atoms with Crippen LogP contribution >= 0.6 is 0 Å². The van der Waals surface area contributed by atoms with Gasteiger partial charge in [0.05, 0.1) is 24.7 Å². The van der Waals surface area contributed by atoms with Crippen LogP contribution in [-0.2, 0) is 32.2 Å². The van der Waals surface area contributed by atoms with Crippen molar-refractivity contribution in [3.05, 3.63) is 53.6 Å². The highest BCUT2D eigenvalue weighted by atomic mass is 32.2. The zero-order chi connectivity index (χ0) is 28.1. The molecule has 2 aromatic carbocycles. The average Bonchev–Trinajstić information content (AvgIpc) is 2.87. The van der Waals surface area contributed by atoms with Crippen molar-refractivity contribution >= 4 is 21.8 Å². The molecular weight excluding hydrogens is 527 g/mol. The van der Waals surface area contributed by atoms with E-state index in [1.807, 2.05) is 0 Å². The number of hydrogen-bond donors (Lipinski definition) is 2. The molecule has 0 saturated carbocycles. The van der Waals surface area contributed by atoms with E-state index in [9.17, 15) is 31.2 Å². The quantitative estimate of drug-likeness (QED) is 0.490. The van der Waals surface area contributed by atoms with Crippen LogP contribution < -0.4 is 20.1 Å². The van der Waals surface area contributed by atoms with Gasteiger partial charge in [0.15, 0.2) is 11.5 Å². The van der Waals surface area contributed by atoms with Crippen LogP contribution in [-0.4, -0.2) is 63.9 Å². The molecule has 1 saturated heterocycles. The molecule has 1 aliphatic heterocycles. The molecule has 3 rings (SSSR count). The summed E-state index contributed by atoms with van der Waals surface area (Å²) >= 11 is 0. The molecule has 38 heavy (non-hydrogen) atoms. The summed E-state index contributed by atoms with van der Waals surface area (Å²) in [5.41, 5.74) is -0.200. The summed E-state index contributed by atoms with van der Waals surface area (Å²) in [7, 11) is -0.992. The smallest absolute Gasteiger partial charge is 0.416 e. The number of carbonyl (C=O) groups is 2. The second-order valence-electron chi connectivity index (χ2n) is 8.86. The van der Waals surface area contributed by atoms with Gasteiger partial charge in [0.1, 0.15) is 6.04 Å². The van der Waals surface area contributed by atoms with E-state index in [-0.39, 0.29) is 36.4 Å². The number of nitrogens with zero attached hydrogens (tertiary/aromatic N) is 1. The van der Waals surface area contributed by atoms with Gasteiger partial charge in [0.25, 0.3) is 0 Å². The zero-order valence-corrected chi connectivity index (χ0v) is 22.0. The van der Waals surface area contributed by atoms with E-state index < -0.39 is 33.7 Å². The van der Waals surface area contributed by atoms with Crippen molar-refractivity contribution in [3.8, 4) is 11.5 Å². The summed E-state index contributed by atoms with van der Waals surface area (Å²) < 4.78 is 75.9. The zero-order valence-electron chi connectivity index (χ0n) is 21.2. The largest absolute Gasteiger partial charge is 0.493 e. The second-order valence-corrected chi connectivity index (χ2v) is 10.8. The molecule has 1 fully saturated rings. The fourth-order valence-electron chi connectivity index (χ4n) is 4.21. The minimum Gasteiger partial charge on any atom is -0.493 e. The third-order valence-corrected chi connectivity index (χ3v) is 8.11. The van der Waals surface area contributed by atoms with Crippen molar-refractivity contribution in [1.82, 2.24) is 14.9 Å². The lowest BCUT2D eigenvalue weighted by atomic mass is 10.0. The van der Waals surface area contributed by atoms with Crippen LogP contribution in [0.1, 0.15) is 30.9 Å². The average molecular weight is 558 g/mol. The molecule has 0 bridgehead atoms. The first kappa shape index (κ1) is 29.2. The van der Waals surface area contributed by atoms with Gasteiger partial charge in [-0.15, -0.1) is 0 Å². The van der Waals surface area contributed by atoms with Crippen LogP contribution in [0, 0.1) is 0 Å². The lowest BCUT2D eigenvalue weighted by Gasteiger charge is -2.32. The standard InChI is InChI=1S/C25H30F3N3O6S/c1-16(32)29-21(14-17-4-9-22(36-2)23(15-17)37-3)24(33)30-19-10-12-31(13-11-19)38(34,35)20-7-5-18(6-8-20)25(26,27)28/h4-9,15,19,21H,10-14H2,1-3H3,(H,29,32)(H,30,33). The fraction of sp³-hybridized carbons (Fsp3) is 0.440. The number of methoxy groups -OCH3 is 2. The minimum atomic E-state index is -4.56. The third kappa shape index (κ3) is 7.16. The lowest BCUT2D eigenvalue weighted by Crippen LogP contribution is -2.53. The Hall–Kier alpha value is -3.32. The molecule has 0 spiro atoms. The number of amides is 2. The Balaban J connectivity index is 1.63. The highest BCUT2D eigenvalue weighted by molar-refractivity contribution is 7.89. The number of halogens is 3. The van der Waals surface area contributed by atoms with Crippen LogP contribution in [0.2, 0.25) is 0 Å². The normalized spacial score (nSPS) is 15.9. The molecule has 1 aliphatic rings. The summed E-state index contributed by atoms with van der Waals surface area (Å²) in [5.74, 6) is 0.200. The molecule has 2 N–H and O–H groups in total. The first-order valence-electron chi connectivity index (χ1n) is 11.8. The number of ether oxygens (including phenoxy) is 2. The van der Waals surface area contributed by atoms with Gasteiger partial charge in [0, 0.05) is 32.5 Å².